The van der Waals surface area contributed by atoms with Crippen molar-refractivity contribution in [3.63, 3.8) is 0 Å². The van der Waals surface area contributed by atoms with Gasteiger partial charge in [0.2, 0.25) is 0 Å². The monoisotopic (exact) mass is 337 g/mol. The minimum atomic E-state index is -0.509. The molecule has 0 saturated carbocycles. The Kier molecular flexibility index (Phi) is 5.90. The van der Waals surface area contributed by atoms with Crippen molar-refractivity contribution in [2.45, 2.75) is 25.3 Å². The zero-order valence-corrected chi connectivity index (χ0v) is 13.2. The van der Waals surface area contributed by atoms with E-state index in [9.17, 15) is 14.9 Å². The van der Waals surface area contributed by atoms with Gasteiger partial charge < -0.3 is 14.4 Å². The molecule has 0 aromatic heterocycles. The van der Waals surface area contributed by atoms with Gasteiger partial charge in [0, 0.05) is 12.6 Å². The van der Waals surface area contributed by atoms with Crippen molar-refractivity contribution in [1.82, 2.24) is 0 Å². The molecule has 2 rings (SSSR count). The van der Waals surface area contributed by atoms with E-state index < -0.39 is 4.92 Å². The van der Waals surface area contributed by atoms with Gasteiger partial charge in [-0.3, -0.25) is 10.1 Å². The molecule has 0 N–H and O–H groups in total. The van der Waals surface area contributed by atoms with Crippen LogP contribution in [0.15, 0.2) is 12.1 Å². The molecule has 1 aliphatic rings. The van der Waals surface area contributed by atoms with E-state index >= 15 is 0 Å². The Balaban J connectivity index is 2.36. The van der Waals surface area contributed by atoms with E-state index in [0.29, 0.717) is 25.1 Å². The molecule has 1 fully saturated rings. The summed E-state index contributed by atoms with van der Waals surface area (Å²) in [6.45, 7) is 0.951. The predicted molar refractivity (Wildman–Crippen MR) is 84.7 cm³/mol. The summed E-state index contributed by atoms with van der Waals surface area (Å²) in [5, 5.41) is 20.5. The Bertz CT molecular complexity index is 644. The Morgan fingerprint density at radius 1 is 1.52 bits per heavy atom. The number of hydrogen-bond acceptors (Lipinski definition) is 6. The minimum Gasteiger partial charge on any atom is -0.372 e. The first-order chi connectivity index (χ1) is 11.1. The lowest BCUT2D eigenvalue weighted by atomic mass is 10.0. The van der Waals surface area contributed by atoms with Crippen molar-refractivity contribution in [3.05, 3.63) is 32.8 Å². The fourth-order valence-corrected chi connectivity index (χ4v) is 2.96. The van der Waals surface area contributed by atoms with Crippen LogP contribution in [0.2, 0.25) is 5.02 Å². The number of anilines is 1. The number of benzene rings is 1. The SMILES string of the molecule is N#Cc1cc([N+](=O)[O-])c(N2CCCCC2COCC=O)cc1Cl. The Labute approximate surface area is 138 Å². The van der Waals surface area contributed by atoms with Gasteiger partial charge in [-0.05, 0) is 25.3 Å². The van der Waals surface area contributed by atoms with Crippen molar-refractivity contribution in [2.75, 3.05) is 24.7 Å². The summed E-state index contributed by atoms with van der Waals surface area (Å²) in [7, 11) is 0. The number of nitrogens with zero attached hydrogens (tertiary/aromatic N) is 3. The zero-order chi connectivity index (χ0) is 16.8. The Morgan fingerprint density at radius 3 is 2.96 bits per heavy atom. The van der Waals surface area contributed by atoms with Crippen molar-refractivity contribution < 1.29 is 14.5 Å². The van der Waals surface area contributed by atoms with Gasteiger partial charge in [0.15, 0.2) is 0 Å². The van der Waals surface area contributed by atoms with Crippen molar-refractivity contribution >= 4 is 29.3 Å². The largest absolute Gasteiger partial charge is 0.372 e. The lowest BCUT2D eigenvalue weighted by Gasteiger charge is -2.37. The van der Waals surface area contributed by atoms with E-state index in [-0.39, 0.29) is 28.9 Å². The van der Waals surface area contributed by atoms with Gasteiger partial charge in [0.05, 0.1) is 28.2 Å². The molecular weight excluding hydrogens is 322 g/mol. The number of nitro benzene ring substituents is 1. The number of rotatable bonds is 6. The van der Waals surface area contributed by atoms with Crippen LogP contribution in [0.3, 0.4) is 0 Å². The smallest absolute Gasteiger partial charge is 0.293 e. The normalized spacial score (nSPS) is 17.6. The number of nitriles is 1. The van der Waals surface area contributed by atoms with Crippen LogP contribution >= 0.6 is 11.6 Å². The summed E-state index contributed by atoms with van der Waals surface area (Å²) in [6, 6.07) is 4.46. The summed E-state index contributed by atoms with van der Waals surface area (Å²) >= 11 is 6.05. The molecule has 0 bridgehead atoms. The molecule has 0 radical (unpaired) electrons. The van der Waals surface area contributed by atoms with Crippen LogP contribution in [0.1, 0.15) is 24.8 Å². The molecule has 7 nitrogen and oxygen atoms in total. The molecule has 1 atom stereocenters. The van der Waals surface area contributed by atoms with Crippen LogP contribution < -0.4 is 4.90 Å². The standard InChI is InChI=1S/C15H16ClN3O4/c16-13-8-14(15(19(21)22)7-11(13)9-17)18-4-2-1-3-12(18)10-23-6-5-20/h5,7-8,12H,1-4,6,10H2. The molecular formula is C15H16ClN3O4. The van der Waals surface area contributed by atoms with E-state index in [0.717, 1.165) is 19.3 Å². The maximum Gasteiger partial charge on any atom is 0.293 e. The number of ether oxygens (including phenoxy) is 1. The maximum atomic E-state index is 11.4. The molecule has 0 spiro atoms. The summed E-state index contributed by atoms with van der Waals surface area (Å²) in [6.07, 6.45) is 3.38. The van der Waals surface area contributed by atoms with Gasteiger partial charge >= 0.3 is 0 Å². The molecule has 0 amide bonds. The van der Waals surface area contributed by atoms with E-state index in [2.05, 4.69) is 0 Å². The topological polar surface area (TPSA) is 96.5 Å². The molecule has 1 aliphatic heterocycles. The lowest BCUT2D eigenvalue weighted by Crippen LogP contribution is -2.43. The van der Waals surface area contributed by atoms with Crippen molar-refractivity contribution in [3.8, 4) is 6.07 Å². The van der Waals surface area contributed by atoms with E-state index in [4.69, 9.17) is 21.6 Å². The summed E-state index contributed by atoms with van der Waals surface area (Å²) in [5.74, 6) is 0. The van der Waals surface area contributed by atoms with Crippen LogP contribution in [0.5, 0.6) is 0 Å². The number of aldehydes is 1. The molecule has 1 saturated heterocycles. The summed E-state index contributed by atoms with van der Waals surface area (Å²) in [4.78, 5) is 23.1. The first-order valence-electron chi connectivity index (χ1n) is 7.24. The summed E-state index contributed by atoms with van der Waals surface area (Å²) < 4.78 is 5.28. The molecule has 1 unspecified atom stereocenters. The molecule has 1 aromatic rings. The highest BCUT2D eigenvalue weighted by Crippen LogP contribution is 2.37. The molecule has 1 aromatic carbocycles. The molecule has 23 heavy (non-hydrogen) atoms. The number of piperidine rings is 1. The molecule has 122 valence electrons. The third kappa shape index (κ3) is 3.97. The third-order valence-corrected chi connectivity index (χ3v) is 4.13. The number of carbonyl (C=O) groups excluding carboxylic acids is 1. The van der Waals surface area contributed by atoms with Gasteiger partial charge in [0.1, 0.15) is 24.6 Å². The number of nitro groups is 1. The maximum absolute atomic E-state index is 11.4. The second-order valence-corrected chi connectivity index (χ2v) is 5.64. The van der Waals surface area contributed by atoms with Crippen LogP contribution in [-0.2, 0) is 9.53 Å². The van der Waals surface area contributed by atoms with Gasteiger partial charge in [-0.25, -0.2) is 0 Å². The van der Waals surface area contributed by atoms with Gasteiger partial charge in [-0.15, -0.1) is 0 Å². The quantitative estimate of drug-likeness (QED) is 0.342. The summed E-state index contributed by atoms with van der Waals surface area (Å²) in [5.41, 5.74) is 0.319. The first kappa shape index (κ1) is 17.2. The first-order valence-corrected chi connectivity index (χ1v) is 7.62. The van der Waals surface area contributed by atoms with Gasteiger partial charge in [-0.1, -0.05) is 11.6 Å². The highest BCUT2D eigenvalue weighted by atomic mass is 35.5. The van der Waals surface area contributed by atoms with Gasteiger partial charge in [0.25, 0.3) is 5.69 Å². The average Bonchev–Trinajstić information content (AvgIpc) is 2.55. The second kappa shape index (κ2) is 7.90. The molecule has 0 aliphatic carbocycles. The highest BCUT2D eigenvalue weighted by Gasteiger charge is 2.29. The highest BCUT2D eigenvalue weighted by molar-refractivity contribution is 6.32. The minimum absolute atomic E-state index is 0.000555. The Morgan fingerprint density at radius 2 is 2.30 bits per heavy atom. The fraction of sp³-hybridized carbons (Fsp3) is 0.467. The lowest BCUT2D eigenvalue weighted by molar-refractivity contribution is -0.384. The molecule has 8 heteroatoms. The van der Waals surface area contributed by atoms with Crippen LogP contribution in [-0.4, -0.2) is 37.0 Å². The average molecular weight is 338 g/mol. The van der Waals surface area contributed by atoms with Crippen molar-refractivity contribution in [2.24, 2.45) is 0 Å². The molecule has 1 heterocycles. The van der Waals surface area contributed by atoms with E-state index in [1.165, 1.54) is 12.1 Å². The number of hydrogen-bond donors (Lipinski definition) is 0. The number of carbonyl (C=O) groups is 1. The zero-order valence-electron chi connectivity index (χ0n) is 12.4. The number of halogens is 1. The van der Waals surface area contributed by atoms with Crippen LogP contribution in [0, 0.1) is 21.4 Å². The van der Waals surface area contributed by atoms with E-state index in [1.54, 1.807) is 0 Å². The van der Waals surface area contributed by atoms with Crippen LogP contribution in [0.4, 0.5) is 11.4 Å². The predicted octanol–water partition coefficient (Wildman–Crippen LogP) is 2.69. The van der Waals surface area contributed by atoms with Crippen LogP contribution in [0.25, 0.3) is 0 Å². The van der Waals surface area contributed by atoms with E-state index in [1.807, 2.05) is 11.0 Å². The van der Waals surface area contributed by atoms with Crippen molar-refractivity contribution in [1.29, 1.82) is 5.26 Å². The second-order valence-electron chi connectivity index (χ2n) is 5.24. The Hall–Kier alpha value is -2.17. The fourth-order valence-electron chi connectivity index (χ4n) is 2.76. The van der Waals surface area contributed by atoms with Gasteiger partial charge in [-0.2, -0.15) is 5.26 Å². The third-order valence-electron chi connectivity index (χ3n) is 3.81.